The molecule has 0 saturated heterocycles. The molecular formula is C12H9BrN4. The zero-order valence-electron chi connectivity index (χ0n) is 8.81. The third-order valence-electron chi connectivity index (χ3n) is 2.48. The lowest BCUT2D eigenvalue weighted by molar-refractivity contribution is 1.23. The first-order valence-corrected chi connectivity index (χ1v) is 5.89. The Morgan fingerprint density at radius 3 is 2.82 bits per heavy atom. The number of aromatic amines is 1. The molecule has 0 fully saturated rings. The quantitative estimate of drug-likeness (QED) is 0.677. The van der Waals surface area contributed by atoms with Gasteiger partial charge in [-0.3, -0.25) is 4.98 Å². The third kappa shape index (κ3) is 1.89. The summed E-state index contributed by atoms with van der Waals surface area (Å²) < 4.78 is 0.946. The van der Waals surface area contributed by atoms with Crippen molar-refractivity contribution in [2.24, 2.45) is 0 Å². The van der Waals surface area contributed by atoms with Crippen molar-refractivity contribution >= 4 is 32.7 Å². The van der Waals surface area contributed by atoms with Crippen LogP contribution in [0.3, 0.4) is 0 Å². The van der Waals surface area contributed by atoms with Crippen LogP contribution >= 0.6 is 15.9 Å². The van der Waals surface area contributed by atoms with Crippen LogP contribution in [0, 0.1) is 0 Å². The minimum Gasteiger partial charge on any atom is -0.399 e. The lowest BCUT2D eigenvalue weighted by Gasteiger charge is -1.94. The minimum absolute atomic E-state index is 0.719. The smallest absolute Gasteiger partial charge is 0.157 e. The van der Waals surface area contributed by atoms with Crippen molar-refractivity contribution in [2.75, 3.05) is 5.73 Å². The van der Waals surface area contributed by atoms with Crippen LogP contribution in [0.25, 0.3) is 22.6 Å². The summed E-state index contributed by atoms with van der Waals surface area (Å²) in [7, 11) is 0. The first-order chi connectivity index (χ1) is 8.22. The number of anilines is 1. The van der Waals surface area contributed by atoms with Crippen LogP contribution in [0.5, 0.6) is 0 Å². The van der Waals surface area contributed by atoms with Gasteiger partial charge in [-0.15, -0.1) is 0 Å². The molecule has 1 aromatic carbocycles. The van der Waals surface area contributed by atoms with Crippen molar-refractivity contribution in [1.82, 2.24) is 15.0 Å². The van der Waals surface area contributed by atoms with Crippen LogP contribution in [0.2, 0.25) is 0 Å². The maximum Gasteiger partial charge on any atom is 0.157 e. The maximum absolute atomic E-state index is 5.72. The van der Waals surface area contributed by atoms with E-state index in [-0.39, 0.29) is 0 Å². The number of hydrogen-bond acceptors (Lipinski definition) is 3. The van der Waals surface area contributed by atoms with Gasteiger partial charge in [-0.25, -0.2) is 4.98 Å². The molecule has 0 aliphatic rings. The summed E-state index contributed by atoms with van der Waals surface area (Å²) in [4.78, 5) is 12.0. The second-order valence-corrected chi connectivity index (χ2v) is 4.64. The number of pyridine rings is 1. The van der Waals surface area contributed by atoms with E-state index in [9.17, 15) is 0 Å². The molecule has 0 unspecified atom stereocenters. The highest BCUT2D eigenvalue weighted by Gasteiger charge is 2.06. The molecule has 3 N–H and O–H groups in total. The second kappa shape index (κ2) is 3.85. The lowest BCUT2D eigenvalue weighted by atomic mass is 10.3. The normalized spacial score (nSPS) is 10.9. The zero-order chi connectivity index (χ0) is 11.8. The number of nitrogens with zero attached hydrogens (tertiary/aromatic N) is 2. The number of benzene rings is 1. The van der Waals surface area contributed by atoms with Crippen molar-refractivity contribution in [3.05, 3.63) is 41.0 Å². The predicted octanol–water partition coefficient (Wildman–Crippen LogP) is 2.97. The molecule has 0 spiro atoms. The lowest BCUT2D eigenvalue weighted by Crippen LogP contribution is -1.84. The van der Waals surface area contributed by atoms with E-state index in [0.29, 0.717) is 0 Å². The molecule has 2 aromatic heterocycles. The van der Waals surface area contributed by atoms with Gasteiger partial charge in [-0.05, 0) is 46.3 Å². The van der Waals surface area contributed by atoms with E-state index in [1.807, 2.05) is 30.3 Å². The van der Waals surface area contributed by atoms with Crippen molar-refractivity contribution in [1.29, 1.82) is 0 Å². The third-order valence-corrected chi connectivity index (χ3v) is 2.95. The van der Waals surface area contributed by atoms with Crippen LogP contribution in [0.4, 0.5) is 5.69 Å². The van der Waals surface area contributed by atoms with E-state index >= 15 is 0 Å². The van der Waals surface area contributed by atoms with Gasteiger partial charge < -0.3 is 10.7 Å². The molecule has 0 aliphatic heterocycles. The highest BCUT2D eigenvalue weighted by molar-refractivity contribution is 9.10. The number of fused-ring (bicyclic) bond motifs is 1. The van der Waals surface area contributed by atoms with E-state index < -0.39 is 0 Å². The second-order valence-electron chi connectivity index (χ2n) is 3.72. The summed E-state index contributed by atoms with van der Waals surface area (Å²) in [6.45, 7) is 0. The molecule has 3 aromatic rings. The Bertz CT molecular complexity index is 673. The first-order valence-electron chi connectivity index (χ1n) is 5.09. The summed E-state index contributed by atoms with van der Waals surface area (Å²) in [5, 5.41) is 0. The van der Waals surface area contributed by atoms with E-state index in [1.165, 1.54) is 0 Å². The average molecular weight is 289 g/mol. The van der Waals surface area contributed by atoms with Gasteiger partial charge in [-0.1, -0.05) is 0 Å². The van der Waals surface area contributed by atoms with Crippen molar-refractivity contribution in [2.45, 2.75) is 0 Å². The van der Waals surface area contributed by atoms with Crippen LogP contribution in [-0.2, 0) is 0 Å². The van der Waals surface area contributed by atoms with Gasteiger partial charge in [0.15, 0.2) is 5.82 Å². The topological polar surface area (TPSA) is 67.6 Å². The van der Waals surface area contributed by atoms with Crippen LogP contribution in [0.15, 0.2) is 41.0 Å². The number of rotatable bonds is 1. The van der Waals surface area contributed by atoms with E-state index in [0.717, 1.165) is 32.7 Å². The van der Waals surface area contributed by atoms with Crippen molar-refractivity contribution in [3.8, 4) is 11.5 Å². The standard InChI is InChI=1S/C12H9BrN4/c13-7-1-3-10(15-6-7)12-16-9-4-2-8(14)5-11(9)17-12/h1-6H,14H2,(H,16,17). The zero-order valence-corrected chi connectivity index (χ0v) is 10.4. The van der Waals surface area contributed by atoms with Crippen molar-refractivity contribution in [3.63, 3.8) is 0 Å². The van der Waals surface area contributed by atoms with Gasteiger partial charge in [0.05, 0.1) is 11.0 Å². The fourth-order valence-corrected chi connectivity index (χ4v) is 1.90. The summed E-state index contributed by atoms with van der Waals surface area (Å²) in [5.74, 6) is 0.748. The molecule has 5 heteroatoms. The van der Waals surface area contributed by atoms with Gasteiger partial charge in [0.25, 0.3) is 0 Å². The first kappa shape index (κ1) is 10.3. The molecule has 4 nitrogen and oxygen atoms in total. The Morgan fingerprint density at radius 1 is 1.18 bits per heavy atom. The molecule has 0 saturated carbocycles. The molecule has 3 rings (SSSR count). The molecule has 0 radical (unpaired) electrons. The summed E-state index contributed by atoms with van der Waals surface area (Å²) in [6, 6.07) is 9.44. The molecular weight excluding hydrogens is 280 g/mol. The summed E-state index contributed by atoms with van der Waals surface area (Å²) >= 11 is 3.35. The van der Waals surface area contributed by atoms with E-state index in [4.69, 9.17) is 5.73 Å². The number of aromatic nitrogens is 3. The van der Waals surface area contributed by atoms with Gasteiger partial charge in [-0.2, -0.15) is 0 Å². The van der Waals surface area contributed by atoms with Gasteiger partial charge in [0.1, 0.15) is 5.69 Å². The van der Waals surface area contributed by atoms with Crippen LogP contribution in [-0.4, -0.2) is 15.0 Å². The fourth-order valence-electron chi connectivity index (χ4n) is 1.66. The minimum atomic E-state index is 0.719. The average Bonchev–Trinajstić information content (AvgIpc) is 2.72. The fraction of sp³-hybridized carbons (Fsp3) is 0. The number of halogens is 1. The Morgan fingerprint density at radius 2 is 2.06 bits per heavy atom. The number of nitrogen functional groups attached to an aromatic ring is 1. The van der Waals surface area contributed by atoms with Crippen LogP contribution in [0.1, 0.15) is 0 Å². The van der Waals surface area contributed by atoms with Gasteiger partial charge in [0, 0.05) is 16.4 Å². The molecule has 0 aliphatic carbocycles. The van der Waals surface area contributed by atoms with Gasteiger partial charge in [0.2, 0.25) is 0 Å². The van der Waals surface area contributed by atoms with Crippen LogP contribution < -0.4 is 5.73 Å². The monoisotopic (exact) mass is 288 g/mol. The van der Waals surface area contributed by atoms with E-state index in [2.05, 4.69) is 30.9 Å². The molecule has 0 amide bonds. The largest absolute Gasteiger partial charge is 0.399 e. The Balaban J connectivity index is 2.14. The summed E-state index contributed by atoms with van der Waals surface area (Å²) in [5.41, 5.74) is 9.06. The number of nitrogens with two attached hydrogens (primary N) is 1. The molecule has 17 heavy (non-hydrogen) atoms. The molecule has 2 heterocycles. The highest BCUT2D eigenvalue weighted by Crippen LogP contribution is 2.21. The van der Waals surface area contributed by atoms with Crippen molar-refractivity contribution < 1.29 is 0 Å². The number of nitrogens with one attached hydrogen (secondary N) is 1. The SMILES string of the molecule is Nc1ccc2nc(-c3ccc(Br)cn3)[nH]c2c1. The Hall–Kier alpha value is -1.88. The highest BCUT2D eigenvalue weighted by atomic mass is 79.9. The van der Waals surface area contributed by atoms with Gasteiger partial charge >= 0.3 is 0 Å². The Labute approximate surface area is 106 Å². The predicted molar refractivity (Wildman–Crippen MR) is 71.4 cm³/mol. The number of H-pyrrole nitrogens is 1. The molecule has 0 atom stereocenters. The van der Waals surface area contributed by atoms with E-state index in [1.54, 1.807) is 6.20 Å². The number of hydrogen-bond donors (Lipinski definition) is 2. The Kier molecular flexibility index (Phi) is 2.33. The maximum atomic E-state index is 5.72. The molecule has 84 valence electrons. The number of imidazole rings is 1. The summed E-state index contributed by atoms with van der Waals surface area (Å²) in [6.07, 6.45) is 1.75. The molecule has 0 bridgehead atoms.